The summed E-state index contributed by atoms with van der Waals surface area (Å²) in [5.41, 5.74) is 1.76. The van der Waals surface area contributed by atoms with E-state index in [1.165, 1.54) is 11.8 Å². The first-order valence-corrected chi connectivity index (χ1v) is 7.88. The van der Waals surface area contributed by atoms with Crippen LogP contribution in [-0.2, 0) is 9.59 Å². The van der Waals surface area contributed by atoms with Gasteiger partial charge in [0.1, 0.15) is 0 Å². The summed E-state index contributed by atoms with van der Waals surface area (Å²) in [6.45, 7) is 3.73. The zero-order valence-corrected chi connectivity index (χ0v) is 13.5. The molecule has 0 spiro atoms. The molecule has 0 heterocycles. The lowest BCUT2D eigenvalue weighted by Gasteiger charge is -2.10. The molecule has 6 heteroatoms. The molecular formula is C13H17BrN2O2S. The fourth-order valence-corrected chi connectivity index (χ4v) is 1.89. The summed E-state index contributed by atoms with van der Waals surface area (Å²) in [6.07, 6.45) is 1.86. The first-order chi connectivity index (χ1) is 8.93. The molecule has 104 valence electrons. The average Bonchev–Trinajstić information content (AvgIpc) is 2.39. The van der Waals surface area contributed by atoms with Crippen LogP contribution in [0.25, 0.3) is 0 Å². The van der Waals surface area contributed by atoms with E-state index in [-0.39, 0.29) is 23.6 Å². The molecule has 0 saturated heterocycles. The molecule has 2 N–H and O–H groups in total. The van der Waals surface area contributed by atoms with E-state index < -0.39 is 0 Å². The van der Waals surface area contributed by atoms with Gasteiger partial charge in [-0.05, 0) is 43.9 Å². The van der Waals surface area contributed by atoms with Gasteiger partial charge in [-0.3, -0.25) is 9.59 Å². The molecule has 1 atom stereocenters. The van der Waals surface area contributed by atoms with Gasteiger partial charge < -0.3 is 10.6 Å². The van der Waals surface area contributed by atoms with Crippen LogP contribution in [0, 0.1) is 6.92 Å². The minimum Gasteiger partial charge on any atom is -0.346 e. The van der Waals surface area contributed by atoms with E-state index in [9.17, 15) is 9.59 Å². The van der Waals surface area contributed by atoms with Crippen LogP contribution in [0.4, 0.5) is 5.69 Å². The Morgan fingerprint density at radius 2 is 2.11 bits per heavy atom. The molecule has 0 bridgehead atoms. The van der Waals surface area contributed by atoms with Crippen molar-refractivity contribution in [1.29, 1.82) is 0 Å². The maximum atomic E-state index is 11.7. The van der Waals surface area contributed by atoms with Crippen molar-refractivity contribution in [3.05, 3.63) is 28.2 Å². The van der Waals surface area contributed by atoms with E-state index >= 15 is 0 Å². The van der Waals surface area contributed by atoms with Crippen molar-refractivity contribution in [3.63, 3.8) is 0 Å². The molecule has 0 radical (unpaired) electrons. The summed E-state index contributed by atoms with van der Waals surface area (Å²) < 4.78 is 0.993. The van der Waals surface area contributed by atoms with Gasteiger partial charge in [-0.15, -0.1) is 0 Å². The number of benzene rings is 1. The molecule has 0 unspecified atom stereocenters. The van der Waals surface area contributed by atoms with E-state index in [0.29, 0.717) is 0 Å². The number of aryl methyl sites for hydroxylation is 1. The standard InChI is InChI=1S/C13H17BrN2O2S/c1-8-6-10(4-5-11(8)14)16-12(17)7-15-13(18)9(2)19-3/h4-6,9H,7H2,1-3H3,(H,15,18)(H,16,17)/t9-/m1/s1. The summed E-state index contributed by atoms with van der Waals surface area (Å²) in [7, 11) is 0. The second-order valence-electron chi connectivity index (χ2n) is 4.11. The Kier molecular flexibility index (Phi) is 6.37. The minimum atomic E-state index is -0.233. The van der Waals surface area contributed by atoms with Crippen LogP contribution in [0.3, 0.4) is 0 Å². The van der Waals surface area contributed by atoms with Crippen LogP contribution >= 0.6 is 27.7 Å². The molecule has 0 aliphatic carbocycles. The van der Waals surface area contributed by atoms with Gasteiger partial charge in [0.2, 0.25) is 11.8 Å². The number of hydrogen-bond donors (Lipinski definition) is 2. The molecule has 0 aliphatic heterocycles. The van der Waals surface area contributed by atoms with Crippen LogP contribution in [0.5, 0.6) is 0 Å². The Bertz CT molecular complexity index is 480. The number of hydrogen-bond acceptors (Lipinski definition) is 3. The highest BCUT2D eigenvalue weighted by atomic mass is 79.9. The largest absolute Gasteiger partial charge is 0.346 e. The van der Waals surface area contributed by atoms with Gasteiger partial charge in [-0.25, -0.2) is 0 Å². The molecule has 0 saturated carbocycles. The molecule has 19 heavy (non-hydrogen) atoms. The van der Waals surface area contributed by atoms with Crippen molar-refractivity contribution in [3.8, 4) is 0 Å². The smallest absolute Gasteiger partial charge is 0.243 e. The highest BCUT2D eigenvalue weighted by molar-refractivity contribution is 9.10. The maximum absolute atomic E-state index is 11.7. The molecule has 1 rings (SSSR count). The number of anilines is 1. The number of nitrogens with one attached hydrogen (secondary N) is 2. The predicted octanol–water partition coefficient (Wildman–Crippen LogP) is 2.56. The summed E-state index contributed by atoms with van der Waals surface area (Å²) in [6, 6.07) is 5.55. The average molecular weight is 345 g/mol. The van der Waals surface area contributed by atoms with Gasteiger partial charge in [-0.2, -0.15) is 11.8 Å². The van der Waals surface area contributed by atoms with Crippen molar-refractivity contribution in [1.82, 2.24) is 5.32 Å². The molecule has 1 aromatic carbocycles. The lowest BCUT2D eigenvalue weighted by molar-refractivity contribution is -0.123. The molecule has 4 nitrogen and oxygen atoms in total. The summed E-state index contributed by atoms with van der Waals surface area (Å²) in [5, 5.41) is 5.19. The van der Waals surface area contributed by atoms with Gasteiger partial charge in [0, 0.05) is 10.2 Å². The van der Waals surface area contributed by atoms with Crippen LogP contribution in [0.1, 0.15) is 12.5 Å². The van der Waals surface area contributed by atoms with Gasteiger partial charge in [0.05, 0.1) is 11.8 Å². The van der Waals surface area contributed by atoms with Crippen molar-refractivity contribution in [2.75, 3.05) is 18.1 Å². The van der Waals surface area contributed by atoms with Crippen molar-refractivity contribution >= 4 is 45.2 Å². The third-order valence-corrected chi connectivity index (χ3v) is 4.40. The number of amides is 2. The lowest BCUT2D eigenvalue weighted by Crippen LogP contribution is -2.37. The highest BCUT2D eigenvalue weighted by Gasteiger charge is 2.12. The normalized spacial score (nSPS) is 11.8. The van der Waals surface area contributed by atoms with E-state index in [0.717, 1.165) is 15.7 Å². The van der Waals surface area contributed by atoms with Crippen molar-refractivity contribution in [2.24, 2.45) is 0 Å². The van der Waals surface area contributed by atoms with Gasteiger partial charge >= 0.3 is 0 Å². The second-order valence-corrected chi connectivity index (χ2v) is 6.14. The van der Waals surface area contributed by atoms with Gasteiger partial charge in [0.25, 0.3) is 0 Å². The fourth-order valence-electron chi connectivity index (χ4n) is 1.35. The molecule has 0 aromatic heterocycles. The number of thioether (sulfide) groups is 1. The van der Waals surface area contributed by atoms with Gasteiger partial charge in [0.15, 0.2) is 0 Å². The van der Waals surface area contributed by atoms with E-state index in [1.54, 1.807) is 13.0 Å². The number of rotatable bonds is 5. The third-order valence-electron chi connectivity index (χ3n) is 2.59. The van der Waals surface area contributed by atoms with E-state index in [2.05, 4.69) is 26.6 Å². The van der Waals surface area contributed by atoms with Gasteiger partial charge in [-0.1, -0.05) is 15.9 Å². The number of carbonyl (C=O) groups excluding carboxylic acids is 2. The zero-order valence-electron chi connectivity index (χ0n) is 11.1. The van der Waals surface area contributed by atoms with Crippen LogP contribution < -0.4 is 10.6 Å². The Morgan fingerprint density at radius 3 is 2.68 bits per heavy atom. The Hall–Kier alpha value is -1.01. The monoisotopic (exact) mass is 344 g/mol. The van der Waals surface area contributed by atoms with Crippen LogP contribution in [0.15, 0.2) is 22.7 Å². The minimum absolute atomic E-state index is 0.0150. The number of carbonyl (C=O) groups is 2. The molecule has 0 aliphatic rings. The molecule has 1 aromatic rings. The Morgan fingerprint density at radius 1 is 1.42 bits per heavy atom. The summed E-state index contributed by atoms with van der Waals surface area (Å²) in [5.74, 6) is -0.363. The van der Waals surface area contributed by atoms with E-state index in [4.69, 9.17) is 0 Å². The quantitative estimate of drug-likeness (QED) is 0.862. The summed E-state index contributed by atoms with van der Waals surface area (Å²) >= 11 is 4.84. The molecule has 0 fully saturated rings. The van der Waals surface area contributed by atoms with Crippen LogP contribution in [-0.4, -0.2) is 29.9 Å². The Balaban J connectivity index is 2.47. The third kappa shape index (κ3) is 5.24. The molecular weight excluding hydrogens is 328 g/mol. The summed E-state index contributed by atoms with van der Waals surface area (Å²) in [4.78, 5) is 23.2. The lowest BCUT2D eigenvalue weighted by atomic mass is 10.2. The second kappa shape index (κ2) is 7.55. The topological polar surface area (TPSA) is 58.2 Å². The van der Waals surface area contributed by atoms with E-state index in [1.807, 2.05) is 25.3 Å². The first kappa shape index (κ1) is 16.0. The predicted molar refractivity (Wildman–Crippen MR) is 83.5 cm³/mol. The molecule has 2 amide bonds. The first-order valence-electron chi connectivity index (χ1n) is 5.80. The fraction of sp³-hybridized carbons (Fsp3) is 0.385. The Labute approximate surface area is 125 Å². The van der Waals surface area contributed by atoms with Crippen LogP contribution in [0.2, 0.25) is 0 Å². The number of halogens is 1. The van der Waals surface area contributed by atoms with Crippen molar-refractivity contribution < 1.29 is 9.59 Å². The SMILES string of the molecule is CS[C@H](C)C(=O)NCC(=O)Nc1ccc(Br)c(C)c1. The van der Waals surface area contributed by atoms with Crippen molar-refractivity contribution in [2.45, 2.75) is 19.1 Å². The highest BCUT2D eigenvalue weighted by Crippen LogP contribution is 2.19. The zero-order chi connectivity index (χ0) is 14.4. The maximum Gasteiger partial charge on any atom is 0.243 e.